The van der Waals surface area contributed by atoms with E-state index in [2.05, 4.69) is 25.5 Å². The summed E-state index contributed by atoms with van der Waals surface area (Å²) >= 11 is 7.52. The molecular weight excluding hydrogens is 562 g/mol. The molecular formula is C29H38ClN7O3S. The van der Waals surface area contributed by atoms with Gasteiger partial charge in [-0.1, -0.05) is 41.5 Å². The van der Waals surface area contributed by atoms with Gasteiger partial charge in [0.05, 0.1) is 23.5 Å². The van der Waals surface area contributed by atoms with Gasteiger partial charge in [0.2, 0.25) is 0 Å². The number of nitrogens with zero attached hydrogens (tertiary/aromatic N) is 4. The van der Waals surface area contributed by atoms with Crippen LogP contribution in [0.1, 0.15) is 78.1 Å². The number of carbonyl (C=O) groups is 2. The Morgan fingerprint density at radius 3 is 2.76 bits per heavy atom. The molecule has 1 amide bonds. The Kier molecular flexibility index (Phi) is 11.4. The molecule has 3 heterocycles. The Balaban J connectivity index is 1.28. The fraction of sp³-hybridized carbons (Fsp3) is 0.483. The number of ether oxygens (including phenoxy) is 1. The maximum atomic E-state index is 12.9. The van der Waals surface area contributed by atoms with E-state index in [4.69, 9.17) is 27.1 Å². The van der Waals surface area contributed by atoms with Crippen molar-refractivity contribution in [3.05, 3.63) is 57.4 Å². The van der Waals surface area contributed by atoms with Crippen molar-refractivity contribution < 1.29 is 14.3 Å². The Morgan fingerprint density at radius 2 is 2.00 bits per heavy atom. The summed E-state index contributed by atoms with van der Waals surface area (Å²) in [6.45, 7) is 7.53. The number of thiazole rings is 1. The van der Waals surface area contributed by atoms with Crippen molar-refractivity contribution in [2.45, 2.75) is 64.8 Å². The number of aryl methyl sites for hydroxylation is 1. The summed E-state index contributed by atoms with van der Waals surface area (Å²) in [5.74, 6) is 1.31. The van der Waals surface area contributed by atoms with E-state index < -0.39 is 0 Å². The summed E-state index contributed by atoms with van der Waals surface area (Å²) in [6, 6.07) is 7.33. The van der Waals surface area contributed by atoms with E-state index >= 15 is 0 Å². The minimum Gasteiger partial charge on any atom is -0.466 e. The molecule has 1 aliphatic heterocycles. The summed E-state index contributed by atoms with van der Waals surface area (Å²) in [4.78, 5) is 40.9. The van der Waals surface area contributed by atoms with E-state index in [1.54, 1.807) is 12.1 Å². The fourth-order valence-corrected chi connectivity index (χ4v) is 5.89. The second kappa shape index (κ2) is 15.2. The van der Waals surface area contributed by atoms with E-state index in [1.807, 2.05) is 26.0 Å². The molecule has 2 aromatic heterocycles. The van der Waals surface area contributed by atoms with Crippen LogP contribution in [0.5, 0.6) is 0 Å². The molecule has 1 fully saturated rings. The topological polar surface area (TPSA) is 135 Å². The van der Waals surface area contributed by atoms with Gasteiger partial charge >= 0.3 is 5.97 Å². The molecule has 12 heteroatoms. The Hall–Kier alpha value is -3.12. The van der Waals surface area contributed by atoms with Crippen LogP contribution in [0.25, 0.3) is 0 Å². The van der Waals surface area contributed by atoms with E-state index in [-0.39, 0.29) is 18.4 Å². The number of aromatic nitrogens is 3. The van der Waals surface area contributed by atoms with Crippen LogP contribution in [0.4, 0.5) is 16.6 Å². The summed E-state index contributed by atoms with van der Waals surface area (Å²) in [7, 11) is 0. The molecule has 4 N–H and O–H groups in total. The minimum atomic E-state index is -0.302. The van der Waals surface area contributed by atoms with Gasteiger partial charge in [0.1, 0.15) is 16.5 Å². The number of piperidine rings is 1. The number of hydrogen-bond acceptors (Lipinski definition) is 10. The maximum absolute atomic E-state index is 12.9. The third kappa shape index (κ3) is 8.93. The number of amides is 1. The van der Waals surface area contributed by atoms with Crippen molar-refractivity contribution in [1.29, 1.82) is 0 Å². The first kappa shape index (κ1) is 30.8. The van der Waals surface area contributed by atoms with Gasteiger partial charge in [-0.15, -0.1) is 0 Å². The normalized spacial score (nSPS) is 14.1. The molecule has 0 radical (unpaired) electrons. The lowest BCUT2D eigenvalue weighted by atomic mass is 9.93. The van der Waals surface area contributed by atoms with Gasteiger partial charge in [0.25, 0.3) is 5.91 Å². The number of rotatable bonds is 13. The highest BCUT2D eigenvalue weighted by molar-refractivity contribution is 7.17. The number of nitrogens with one attached hydrogen (secondary N) is 2. The number of benzene rings is 1. The van der Waals surface area contributed by atoms with Crippen LogP contribution in [-0.4, -0.2) is 58.0 Å². The predicted octanol–water partition coefficient (Wildman–Crippen LogP) is 5.65. The standard InChI is InChI=1S/C29H38ClN7O3S/c1-3-40-26(38)10-5-4-6-13-37-14-11-20(12-15-37)23-16-25(34-19(2)33-23)35-29-32-18-24(41-29)28(39)36-27-21(17-31)8-7-9-22(27)30/h7-9,16,18,20H,3-6,10-15,17,31H2,1-2H3,(H,36,39)(H,32,33,34,35). The molecule has 3 aromatic rings. The van der Waals surface area contributed by atoms with Crippen molar-refractivity contribution in [2.75, 3.05) is 36.9 Å². The number of esters is 1. The van der Waals surface area contributed by atoms with Gasteiger partial charge in [-0.3, -0.25) is 9.59 Å². The van der Waals surface area contributed by atoms with E-state index in [9.17, 15) is 9.59 Å². The maximum Gasteiger partial charge on any atom is 0.305 e. The van der Waals surface area contributed by atoms with Crippen LogP contribution in [0.3, 0.4) is 0 Å². The summed E-state index contributed by atoms with van der Waals surface area (Å²) < 4.78 is 4.99. The van der Waals surface area contributed by atoms with Crippen molar-refractivity contribution >= 4 is 51.5 Å². The van der Waals surface area contributed by atoms with E-state index in [0.29, 0.717) is 51.3 Å². The number of likely N-dealkylation sites (tertiary alicyclic amines) is 1. The van der Waals surface area contributed by atoms with Gasteiger partial charge < -0.3 is 26.0 Å². The molecule has 10 nitrogen and oxygen atoms in total. The second-order valence-corrected chi connectivity index (χ2v) is 11.5. The van der Waals surface area contributed by atoms with Gasteiger partial charge in [0, 0.05) is 30.6 Å². The van der Waals surface area contributed by atoms with Gasteiger partial charge in [-0.2, -0.15) is 0 Å². The van der Waals surface area contributed by atoms with Crippen molar-refractivity contribution in [1.82, 2.24) is 19.9 Å². The number of anilines is 3. The van der Waals surface area contributed by atoms with E-state index in [0.717, 1.165) is 63.0 Å². The summed E-state index contributed by atoms with van der Waals surface area (Å²) in [6.07, 6.45) is 7.11. The number of nitrogens with two attached hydrogens (primary N) is 1. The largest absolute Gasteiger partial charge is 0.466 e. The minimum absolute atomic E-state index is 0.0991. The molecule has 1 saturated heterocycles. The monoisotopic (exact) mass is 599 g/mol. The Labute approximate surface area is 250 Å². The first-order valence-electron chi connectivity index (χ1n) is 14.1. The quantitative estimate of drug-likeness (QED) is 0.168. The SMILES string of the molecule is CCOC(=O)CCCCCN1CCC(c2cc(Nc3ncc(C(=O)Nc4c(Cl)cccc4CN)s3)nc(C)n2)CC1. The second-order valence-electron chi connectivity index (χ2n) is 10.0. The lowest BCUT2D eigenvalue weighted by Gasteiger charge is -2.31. The number of halogens is 1. The fourth-order valence-electron chi connectivity index (χ4n) is 4.93. The first-order valence-corrected chi connectivity index (χ1v) is 15.3. The molecule has 220 valence electrons. The van der Waals surface area contributed by atoms with Crippen LogP contribution in [-0.2, 0) is 16.1 Å². The number of para-hydroxylation sites is 1. The third-order valence-electron chi connectivity index (χ3n) is 7.05. The lowest BCUT2D eigenvalue weighted by molar-refractivity contribution is -0.143. The zero-order chi connectivity index (χ0) is 29.2. The predicted molar refractivity (Wildman–Crippen MR) is 163 cm³/mol. The van der Waals surface area contributed by atoms with Crippen molar-refractivity contribution in [3.63, 3.8) is 0 Å². The van der Waals surface area contributed by atoms with Crippen LogP contribution >= 0.6 is 22.9 Å². The highest BCUT2D eigenvalue weighted by atomic mass is 35.5. The molecule has 0 spiro atoms. The molecule has 0 bridgehead atoms. The number of carbonyl (C=O) groups excluding carboxylic acids is 2. The average Bonchev–Trinajstić information content (AvgIpc) is 3.42. The zero-order valence-electron chi connectivity index (χ0n) is 23.6. The highest BCUT2D eigenvalue weighted by Gasteiger charge is 2.23. The van der Waals surface area contributed by atoms with E-state index in [1.165, 1.54) is 17.5 Å². The Bertz CT molecular complexity index is 1330. The van der Waals surface area contributed by atoms with Crippen LogP contribution in [0, 0.1) is 6.92 Å². The van der Waals surface area contributed by atoms with Crippen LogP contribution < -0.4 is 16.4 Å². The third-order valence-corrected chi connectivity index (χ3v) is 8.27. The van der Waals surface area contributed by atoms with Crippen molar-refractivity contribution in [3.8, 4) is 0 Å². The number of unbranched alkanes of at least 4 members (excludes halogenated alkanes) is 2. The molecule has 4 rings (SSSR count). The van der Waals surface area contributed by atoms with Crippen molar-refractivity contribution in [2.24, 2.45) is 5.73 Å². The molecule has 1 aliphatic rings. The zero-order valence-corrected chi connectivity index (χ0v) is 25.2. The summed E-state index contributed by atoms with van der Waals surface area (Å²) in [5.41, 5.74) is 8.10. The highest BCUT2D eigenvalue weighted by Crippen LogP contribution is 2.31. The Morgan fingerprint density at radius 1 is 1.20 bits per heavy atom. The smallest absolute Gasteiger partial charge is 0.305 e. The average molecular weight is 600 g/mol. The molecule has 0 aliphatic carbocycles. The molecule has 0 unspecified atom stereocenters. The van der Waals surface area contributed by atoms with Gasteiger partial charge in [0.15, 0.2) is 5.13 Å². The van der Waals surface area contributed by atoms with Gasteiger partial charge in [-0.25, -0.2) is 15.0 Å². The molecule has 0 atom stereocenters. The molecule has 0 saturated carbocycles. The lowest BCUT2D eigenvalue weighted by Crippen LogP contribution is -2.34. The summed E-state index contributed by atoms with van der Waals surface area (Å²) in [5, 5.41) is 7.11. The van der Waals surface area contributed by atoms with Crippen LogP contribution in [0.15, 0.2) is 30.5 Å². The number of hydrogen-bond donors (Lipinski definition) is 3. The molecule has 41 heavy (non-hydrogen) atoms. The first-order chi connectivity index (χ1) is 19.9. The van der Waals surface area contributed by atoms with Crippen LogP contribution in [0.2, 0.25) is 5.02 Å². The van der Waals surface area contributed by atoms with Gasteiger partial charge in [-0.05, 0) is 70.8 Å². The molecule has 1 aromatic carbocycles.